The van der Waals surface area contributed by atoms with Gasteiger partial charge in [-0.25, -0.2) is 4.57 Å². The second kappa shape index (κ2) is 4.86. The first-order chi connectivity index (χ1) is 11.7. The molecule has 1 atom stereocenters. The molecule has 0 fully saturated rings. The lowest BCUT2D eigenvalue weighted by molar-refractivity contribution is 0.0973. The largest absolute Gasteiger partial charge is 0.282 e. The Labute approximate surface area is 142 Å². The van der Waals surface area contributed by atoms with E-state index >= 15 is 0 Å². The van der Waals surface area contributed by atoms with Crippen molar-refractivity contribution in [2.45, 2.75) is 32.6 Å². The minimum Gasteiger partial charge on any atom is -0.268 e. The number of aryl methyl sites for hydroxylation is 1. The lowest BCUT2D eigenvalue weighted by Gasteiger charge is -2.20. The number of thiophene rings is 1. The number of benzene rings is 1. The minimum absolute atomic E-state index is 0.0660. The van der Waals surface area contributed by atoms with Crippen molar-refractivity contribution in [1.29, 1.82) is 0 Å². The smallest absolute Gasteiger partial charge is 0.268 e. The van der Waals surface area contributed by atoms with Gasteiger partial charge in [-0.05, 0) is 36.8 Å². The summed E-state index contributed by atoms with van der Waals surface area (Å²) in [5.74, 6) is 1.11. The van der Waals surface area contributed by atoms with Crippen molar-refractivity contribution in [2.75, 3.05) is 0 Å². The van der Waals surface area contributed by atoms with Crippen molar-refractivity contribution in [2.24, 2.45) is 5.92 Å². The highest BCUT2D eigenvalue weighted by Gasteiger charge is 2.32. The summed E-state index contributed by atoms with van der Waals surface area (Å²) in [5, 5.41) is 0.675. The van der Waals surface area contributed by atoms with E-state index in [1.165, 1.54) is 4.88 Å². The molecule has 1 aliphatic carbocycles. The Bertz CT molecular complexity index is 1080. The van der Waals surface area contributed by atoms with Gasteiger partial charge in [0.15, 0.2) is 5.82 Å². The van der Waals surface area contributed by atoms with E-state index in [-0.39, 0.29) is 11.5 Å². The van der Waals surface area contributed by atoms with Crippen LogP contribution in [0.4, 0.5) is 0 Å². The highest BCUT2D eigenvalue weighted by molar-refractivity contribution is 7.19. The second-order valence-electron chi connectivity index (χ2n) is 6.63. The number of carbonyl (C=O) groups excluding carboxylic acids is 1. The third kappa shape index (κ3) is 1.70. The zero-order valence-electron chi connectivity index (χ0n) is 13.3. The maximum Gasteiger partial charge on any atom is 0.282 e. The van der Waals surface area contributed by atoms with Crippen molar-refractivity contribution < 1.29 is 4.79 Å². The van der Waals surface area contributed by atoms with Crippen LogP contribution in [-0.4, -0.2) is 15.5 Å². The third-order valence-corrected chi connectivity index (χ3v) is 6.60. The molecule has 3 heterocycles. The molecular weight excluding hydrogens is 320 g/mol. The van der Waals surface area contributed by atoms with Gasteiger partial charge in [0.05, 0.1) is 10.9 Å². The summed E-state index contributed by atoms with van der Waals surface area (Å²) in [6.45, 7) is 2.22. The topological polar surface area (TPSA) is 52.0 Å². The predicted molar refractivity (Wildman–Crippen MR) is 94.9 cm³/mol. The van der Waals surface area contributed by atoms with Gasteiger partial charge < -0.3 is 0 Å². The van der Waals surface area contributed by atoms with Crippen LogP contribution in [0.25, 0.3) is 21.6 Å². The van der Waals surface area contributed by atoms with Crippen LogP contribution in [0.1, 0.15) is 40.6 Å². The molecule has 3 aromatic rings. The van der Waals surface area contributed by atoms with Gasteiger partial charge in [-0.2, -0.15) is 4.98 Å². The summed E-state index contributed by atoms with van der Waals surface area (Å²) in [6.07, 6.45) is 4.21. The monoisotopic (exact) mass is 336 g/mol. The van der Waals surface area contributed by atoms with Crippen LogP contribution in [0.15, 0.2) is 29.1 Å². The van der Waals surface area contributed by atoms with Gasteiger partial charge in [0.25, 0.3) is 11.5 Å². The van der Waals surface area contributed by atoms with Crippen molar-refractivity contribution in [3.05, 3.63) is 50.6 Å². The van der Waals surface area contributed by atoms with E-state index in [0.717, 1.165) is 41.6 Å². The third-order valence-electron chi connectivity index (χ3n) is 5.36. The summed E-state index contributed by atoms with van der Waals surface area (Å²) in [7, 11) is 0. The molecule has 1 unspecified atom stereocenters. The molecule has 0 saturated carbocycles. The quantitative estimate of drug-likeness (QED) is 0.533. The lowest BCUT2D eigenvalue weighted by atomic mass is 9.86. The highest BCUT2D eigenvalue weighted by Crippen LogP contribution is 2.40. The Kier molecular flexibility index (Phi) is 2.86. The number of rotatable bonds is 1. The van der Waals surface area contributed by atoms with Crippen LogP contribution in [0, 0.1) is 5.92 Å². The fourth-order valence-electron chi connectivity index (χ4n) is 4.02. The van der Waals surface area contributed by atoms with Crippen LogP contribution in [0.3, 0.4) is 0 Å². The van der Waals surface area contributed by atoms with Crippen LogP contribution in [0.5, 0.6) is 0 Å². The molecule has 2 aromatic heterocycles. The van der Waals surface area contributed by atoms with E-state index in [9.17, 15) is 9.59 Å². The molecule has 2 aliphatic rings. The number of hydrogen-bond acceptors (Lipinski definition) is 4. The molecule has 1 aliphatic heterocycles. The predicted octanol–water partition coefficient (Wildman–Crippen LogP) is 3.64. The van der Waals surface area contributed by atoms with E-state index in [1.807, 2.05) is 24.3 Å². The molecule has 0 radical (unpaired) electrons. The Morgan fingerprint density at radius 3 is 2.83 bits per heavy atom. The van der Waals surface area contributed by atoms with Crippen molar-refractivity contribution in [3.8, 4) is 11.4 Å². The normalized spacial score (nSPS) is 18.5. The molecule has 5 rings (SSSR count). The first-order valence-electron chi connectivity index (χ1n) is 8.40. The molecular formula is C19H16N2O2S. The summed E-state index contributed by atoms with van der Waals surface area (Å²) in [6, 6.07) is 7.40. The molecule has 0 N–H and O–H groups in total. The standard InChI is InChI=1S/C19H16N2O2S/c1-2-10-7-8-13-14(9-10)24-19-15(13)17(22)20-16-11-5-3-4-6-12(11)18(23)21(16)19/h3-6,10H,2,7-9H2,1H3. The van der Waals surface area contributed by atoms with Gasteiger partial charge in [0, 0.05) is 10.4 Å². The van der Waals surface area contributed by atoms with Gasteiger partial charge in [0.2, 0.25) is 0 Å². The minimum atomic E-state index is -0.187. The Hall–Kier alpha value is -2.27. The van der Waals surface area contributed by atoms with Crippen molar-refractivity contribution in [3.63, 3.8) is 0 Å². The van der Waals surface area contributed by atoms with E-state index in [4.69, 9.17) is 0 Å². The summed E-state index contributed by atoms with van der Waals surface area (Å²) < 4.78 is 1.66. The zero-order chi connectivity index (χ0) is 16.4. The summed E-state index contributed by atoms with van der Waals surface area (Å²) in [5.41, 5.74) is 2.35. The molecule has 0 spiro atoms. The van der Waals surface area contributed by atoms with Gasteiger partial charge in [0.1, 0.15) is 4.83 Å². The molecule has 4 nitrogen and oxygen atoms in total. The highest BCUT2D eigenvalue weighted by atomic mass is 32.1. The number of nitrogens with zero attached hydrogens (tertiary/aromatic N) is 2. The molecule has 0 saturated heterocycles. The lowest BCUT2D eigenvalue weighted by Crippen LogP contribution is -2.17. The van der Waals surface area contributed by atoms with Gasteiger partial charge in [-0.15, -0.1) is 11.3 Å². The maximum absolute atomic E-state index is 12.9. The van der Waals surface area contributed by atoms with E-state index in [2.05, 4.69) is 11.9 Å². The molecule has 0 amide bonds. The van der Waals surface area contributed by atoms with Crippen LogP contribution in [-0.2, 0) is 12.8 Å². The number of hydrogen-bond donors (Lipinski definition) is 0. The molecule has 120 valence electrons. The van der Waals surface area contributed by atoms with Crippen LogP contribution in [0.2, 0.25) is 0 Å². The van der Waals surface area contributed by atoms with Gasteiger partial charge in [-0.3, -0.25) is 9.59 Å². The number of fused-ring (bicyclic) bond motifs is 7. The average Bonchev–Trinajstić information content (AvgIpc) is 3.11. The summed E-state index contributed by atoms with van der Waals surface area (Å²) >= 11 is 1.61. The molecule has 0 bridgehead atoms. The SMILES string of the molecule is CCC1CCc2c(sc3c2c(=O)nc2n3C(=O)c3ccccc3-2)C1. The van der Waals surface area contributed by atoms with Gasteiger partial charge in [-0.1, -0.05) is 31.5 Å². The summed E-state index contributed by atoms with van der Waals surface area (Å²) in [4.78, 5) is 31.9. The van der Waals surface area contributed by atoms with Crippen molar-refractivity contribution in [1.82, 2.24) is 9.55 Å². The van der Waals surface area contributed by atoms with Crippen molar-refractivity contribution >= 4 is 27.5 Å². The molecule has 5 heteroatoms. The molecule has 24 heavy (non-hydrogen) atoms. The Morgan fingerprint density at radius 1 is 1.25 bits per heavy atom. The van der Waals surface area contributed by atoms with E-state index in [1.54, 1.807) is 15.9 Å². The van der Waals surface area contributed by atoms with E-state index < -0.39 is 0 Å². The number of carbonyl (C=O) groups is 1. The Morgan fingerprint density at radius 2 is 2.04 bits per heavy atom. The van der Waals surface area contributed by atoms with Crippen LogP contribution >= 0.6 is 11.3 Å². The second-order valence-corrected chi connectivity index (χ2v) is 7.71. The Balaban J connectivity index is 1.84. The first kappa shape index (κ1) is 14.1. The van der Waals surface area contributed by atoms with Gasteiger partial charge >= 0.3 is 0 Å². The zero-order valence-corrected chi connectivity index (χ0v) is 14.2. The van der Waals surface area contributed by atoms with Crippen LogP contribution < -0.4 is 5.56 Å². The fraction of sp³-hybridized carbons (Fsp3) is 0.316. The molecule has 1 aromatic carbocycles. The maximum atomic E-state index is 12.9. The van der Waals surface area contributed by atoms with E-state index in [0.29, 0.717) is 22.7 Å². The number of aromatic nitrogens is 2. The average molecular weight is 336 g/mol. The first-order valence-corrected chi connectivity index (χ1v) is 9.22. The fourth-order valence-corrected chi connectivity index (χ4v) is 5.47.